The van der Waals surface area contributed by atoms with Crippen molar-refractivity contribution in [2.75, 3.05) is 7.11 Å². The monoisotopic (exact) mass is 335 g/mol. The lowest BCUT2D eigenvalue weighted by Crippen LogP contribution is -2.13. The molecule has 16 heteroatoms. The molecule has 0 spiro atoms. The van der Waals surface area contributed by atoms with Crippen molar-refractivity contribution in [1.29, 1.82) is 0 Å². The minimum atomic E-state index is -0.749. The van der Waals surface area contributed by atoms with Crippen LogP contribution < -0.4 is 4.74 Å². The molecule has 0 N–H and O–H groups in total. The van der Waals surface area contributed by atoms with E-state index in [0.29, 0.717) is 0 Å². The minimum absolute atomic E-state index is 0.199. The second kappa shape index (κ2) is 5.59. The summed E-state index contributed by atoms with van der Waals surface area (Å²) in [5.41, 5.74) is 0. The third-order valence-electron chi connectivity index (χ3n) is 2.47. The molecule has 3 heterocycles. The summed E-state index contributed by atoms with van der Waals surface area (Å²) in [6, 6.07) is -0.199. The van der Waals surface area contributed by atoms with E-state index in [1.165, 1.54) is 7.11 Å². The molecule has 0 unspecified atom stereocenters. The van der Waals surface area contributed by atoms with Gasteiger partial charge in [-0.1, -0.05) is 0 Å². The zero-order chi connectivity index (χ0) is 17.3. The van der Waals surface area contributed by atoms with E-state index in [-0.39, 0.29) is 17.9 Å². The second-order valence-electron chi connectivity index (χ2n) is 3.92. The maximum absolute atomic E-state index is 10.6. The van der Waals surface area contributed by atoms with E-state index < -0.39 is 21.5 Å². The van der Waals surface area contributed by atoms with Crippen LogP contribution in [0.1, 0.15) is 0 Å². The van der Waals surface area contributed by atoms with Crippen molar-refractivity contribution in [3.8, 4) is 17.9 Å². The van der Waals surface area contributed by atoms with Crippen molar-refractivity contribution >= 4 is 11.6 Å². The molecular weight excluding hydrogens is 330 g/mol. The number of methoxy groups -OCH3 is 1. The quantitative estimate of drug-likeness (QED) is 0.402. The molecule has 0 radical (unpaired) electrons. The third kappa shape index (κ3) is 2.65. The summed E-state index contributed by atoms with van der Waals surface area (Å²) in [5, 5.41) is 35.7. The summed E-state index contributed by atoms with van der Waals surface area (Å²) in [5.74, 6) is -1.51. The van der Waals surface area contributed by atoms with Gasteiger partial charge in [-0.2, -0.15) is 15.0 Å². The SMILES string of the molecule is COc1nc(-n2ncc([N+](=O)[O-])n2)nc(-n2ncc([N+](=O)[O-])n2)n1. The topological polar surface area (TPSA) is 196 Å². The number of ether oxygens (including phenoxy) is 1. The first-order valence-electron chi connectivity index (χ1n) is 5.92. The van der Waals surface area contributed by atoms with Crippen LogP contribution in [-0.2, 0) is 0 Å². The fourth-order valence-electron chi connectivity index (χ4n) is 1.48. The maximum atomic E-state index is 10.6. The summed E-state index contributed by atoms with van der Waals surface area (Å²) >= 11 is 0. The van der Waals surface area contributed by atoms with Crippen LogP contribution in [-0.4, -0.2) is 61.9 Å². The van der Waals surface area contributed by atoms with E-state index in [0.717, 1.165) is 22.0 Å². The average molecular weight is 335 g/mol. The van der Waals surface area contributed by atoms with Crippen molar-refractivity contribution in [3.63, 3.8) is 0 Å². The maximum Gasteiger partial charge on any atom is 0.410 e. The largest absolute Gasteiger partial charge is 0.467 e. The summed E-state index contributed by atoms with van der Waals surface area (Å²) in [6.45, 7) is 0. The highest BCUT2D eigenvalue weighted by Crippen LogP contribution is 2.12. The van der Waals surface area contributed by atoms with E-state index in [1.54, 1.807) is 0 Å². The standard InChI is InChI=1S/C8H5N11O5/c1-24-8-12-6(16-9-2-4(14-16)18(20)21)11-7(13-8)17-10-3-5(15-17)19(22)23/h2-3H,1H3. The molecule has 3 aromatic rings. The summed E-state index contributed by atoms with van der Waals surface area (Å²) in [6.07, 6.45) is 1.79. The predicted molar refractivity (Wildman–Crippen MR) is 69.5 cm³/mol. The molecule has 3 rings (SSSR count). The van der Waals surface area contributed by atoms with Gasteiger partial charge in [-0.25, -0.2) is 0 Å². The number of aromatic nitrogens is 9. The number of nitro groups is 2. The van der Waals surface area contributed by atoms with E-state index in [1.807, 2.05) is 0 Å². The van der Waals surface area contributed by atoms with Gasteiger partial charge in [0.25, 0.3) is 0 Å². The number of nitrogens with zero attached hydrogens (tertiary/aromatic N) is 11. The molecule has 3 aromatic heterocycles. The van der Waals surface area contributed by atoms with Crippen LogP contribution >= 0.6 is 0 Å². The Hall–Kier alpha value is -4.11. The average Bonchev–Trinajstić information content (AvgIpc) is 3.23. The molecule has 0 aliphatic heterocycles. The van der Waals surface area contributed by atoms with Gasteiger partial charge in [0.05, 0.1) is 17.3 Å². The summed E-state index contributed by atoms with van der Waals surface area (Å²) in [7, 11) is 1.26. The van der Waals surface area contributed by atoms with E-state index in [9.17, 15) is 20.2 Å². The first-order valence-corrected chi connectivity index (χ1v) is 5.92. The fourth-order valence-corrected chi connectivity index (χ4v) is 1.48. The molecule has 122 valence electrons. The van der Waals surface area contributed by atoms with Crippen LogP contribution in [0, 0.1) is 20.2 Å². The van der Waals surface area contributed by atoms with Gasteiger partial charge >= 0.3 is 29.5 Å². The van der Waals surface area contributed by atoms with E-state index in [2.05, 4.69) is 35.3 Å². The highest BCUT2D eigenvalue weighted by molar-refractivity contribution is 5.22. The molecular formula is C8H5N11O5. The Kier molecular flexibility index (Phi) is 3.45. The van der Waals surface area contributed by atoms with Gasteiger partial charge in [0.15, 0.2) is 12.4 Å². The zero-order valence-corrected chi connectivity index (χ0v) is 11.6. The summed E-state index contributed by atoms with van der Waals surface area (Å²) in [4.78, 5) is 32.9. The lowest BCUT2D eigenvalue weighted by molar-refractivity contribution is -0.389. The zero-order valence-electron chi connectivity index (χ0n) is 11.6. The molecule has 16 nitrogen and oxygen atoms in total. The Morgan fingerprint density at radius 2 is 1.38 bits per heavy atom. The predicted octanol–water partition coefficient (Wildman–Crippen LogP) is -1.14. The first kappa shape index (κ1) is 14.8. The van der Waals surface area contributed by atoms with Crippen molar-refractivity contribution in [2.24, 2.45) is 0 Å². The van der Waals surface area contributed by atoms with E-state index in [4.69, 9.17) is 4.74 Å². The number of hydrogen-bond donors (Lipinski definition) is 0. The van der Waals surface area contributed by atoms with Crippen LogP contribution in [0.5, 0.6) is 6.01 Å². The van der Waals surface area contributed by atoms with Crippen LogP contribution in [0.25, 0.3) is 11.9 Å². The van der Waals surface area contributed by atoms with Crippen LogP contribution in [0.3, 0.4) is 0 Å². The van der Waals surface area contributed by atoms with Gasteiger partial charge in [-0.05, 0) is 19.4 Å². The molecule has 24 heavy (non-hydrogen) atoms. The molecule has 0 amide bonds. The van der Waals surface area contributed by atoms with Gasteiger partial charge in [0.2, 0.25) is 0 Å². The molecule has 0 aliphatic rings. The van der Waals surface area contributed by atoms with Crippen molar-refractivity contribution in [1.82, 2.24) is 44.9 Å². The summed E-state index contributed by atoms with van der Waals surface area (Å²) < 4.78 is 4.88. The van der Waals surface area contributed by atoms with Crippen LogP contribution in [0.4, 0.5) is 11.6 Å². The highest BCUT2D eigenvalue weighted by atomic mass is 16.6. The van der Waals surface area contributed by atoms with Crippen molar-refractivity contribution < 1.29 is 14.6 Å². The lowest BCUT2D eigenvalue weighted by atomic mass is 10.8. The molecule has 0 bridgehead atoms. The second-order valence-corrected chi connectivity index (χ2v) is 3.92. The molecule has 0 aromatic carbocycles. The molecule has 0 aliphatic carbocycles. The number of hydrogen-bond acceptors (Lipinski definition) is 12. The molecule has 0 atom stereocenters. The lowest BCUT2D eigenvalue weighted by Gasteiger charge is -2.00. The van der Waals surface area contributed by atoms with Crippen LogP contribution in [0.15, 0.2) is 12.4 Å². The molecule has 0 saturated heterocycles. The Morgan fingerprint density at radius 3 is 1.71 bits per heavy atom. The Labute approximate surface area is 130 Å². The van der Waals surface area contributed by atoms with Crippen molar-refractivity contribution in [2.45, 2.75) is 0 Å². The van der Waals surface area contributed by atoms with Crippen LogP contribution in [0.2, 0.25) is 0 Å². The van der Waals surface area contributed by atoms with Crippen molar-refractivity contribution in [3.05, 3.63) is 32.6 Å². The van der Waals surface area contributed by atoms with Gasteiger partial charge < -0.3 is 25.0 Å². The normalized spacial score (nSPS) is 10.5. The van der Waals surface area contributed by atoms with Gasteiger partial charge in [-0.3, -0.25) is 0 Å². The Balaban J connectivity index is 2.07. The smallest absolute Gasteiger partial charge is 0.410 e. The number of rotatable bonds is 5. The highest BCUT2D eigenvalue weighted by Gasteiger charge is 2.22. The molecule has 0 saturated carbocycles. The molecule has 0 fully saturated rings. The Morgan fingerprint density at radius 1 is 0.917 bits per heavy atom. The Bertz CT molecular complexity index is 862. The van der Waals surface area contributed by atoms with Gasteiger partial charge in [-0.15, -0.1) is 10.2 Å². The van der Waals surface area contributed by atoms with E-state index >= 15 is 0 Å². The fraction of sp³-hybridized carbons (Fsp3) is 0.125. The van der Waals surface area contributed by atoms with Gasteiger partial charge in [0.1, 0.15) is 0 Å². The first-order chi connectivity index (χ1) is 11.5. The minimum Gasteiger partial charge on any atom is -0.467 e. The third-order valence-corrected chi connectivity index (χ3v) is 2.47. The van der Waals surface area contributed by atoms with Gasteiger partial charge in [0, 0.05) is 0 Å².